The van der Waals surface area contributed by atoms with Gasteiger partial charge in [-0.3, -0.25) is 0 Å². The summed E-state index contributed by atoms with van der Waals surface area (Å²) in [6.07, 6.45) is 2.37. The number of hydrogen-bond donors (Lipinski definition) is 1. The van der Waals surface area contributed by atoms with E-state index in [0.29, 0.717) is 0 Å². The molecule has 1 aromatic rings. The lowest BCUT2D eigenvalue weighted by atomic mass is 10.1. The van der Waals surface area contributed by atoms with E-state index in [1.165, 1.54) is 0 Å². The molecule has 78 valence electrons. The highest BCUT2D eigenvalue weighted by Crippen LogP contribution is 2.22. The van der Waals surface area contributed by atoms with E-state index in [2.05, 4.69) is 16.8 Å². The number of rotatable bonds is 4. The fourth-order valence-corrected chi connectivity index (χ4v) is 1.50. The van der Waals surface area contributed by atoms with Crippen LogP contribution in [0.3, 0.4) is 0 Å². The van der Waals surface area contributed by atoms with Gasteiger partial charge in [0.1, 0.15) is 5.82 Å². The lowest BCUT2D eigenvalue weighted by Crippen LogP contribution is -2.21. The van der Waals surface area contributed by atoms with Gasteiger partial charge in [0.05, 0.1) is 6.10 Å². The summed E-state index contributed by atoms with van der Waals surface area (Å²) in [5.74, 6) is 0.879. The van der Waals surface area contributed by atoms with Gasteiger partial charge in [0.15, 0.2) is 0 Å². The quantitative estimate of drug-likeness (QED) is 0.796. The zero-order valence-electron chi connectivity index (χ0n) is 9.07. The predicted molar refractivity (Wildman–Crippen MR) is 58.4 cm³/mol. The zero-order chi connectivity index (χ0) is 10.6. The molecule has 0 spiro atoms. The second kappa shape index (κ2) is 4.96. The number of anilines is 1. The maximum absolute atomic E-state index is 9.55. The van der Waals surface area contributed by atoms with Gasteiger partial charge in [-0.15, -0.1) is 0 Å². The number of nitrogens with zero attached hydrogens (tertiary/aromatic N) is 2. The molecule has 1 rings (SSSR count). The Kier molecular flexibility index (Phi) is 3.89. The third kappa shape index (κ3) is 2.45. The van der Waals surface area contributed by atoms with Crippen molar-refractivity contribution >= 4 is 5.82 Å². The first-order valence-electron chi connectivity index (χ1n) is 5.01. The van der Waals surface area contributed by atoms with Gasteiger partial charge in [-0.1, -0.05) is 13.0 Å². The van der Waals surface area contributed by atoms with Crippen molar-refractivity contribution < 1.29 is 5.11 Å². The molecule has 14 heavy (non-hydrogen) atoms. The van der Waals surface area contributed by atoms with Gasteiger partial charge in [0.25, 0.3) is 0 Å². The molecule has 0 saturated heterocycles. The van der Waals surface area contributed by atoms with Crippen LogP contribution in [0.1, 0.15) is 31.9 Å². The van der Waals surface area contributed by atoms with Crippen molar-refractivity contribution in [2.75, 3.05) is 18.5 Å². The minimum absolute atomic E-state index is 0.460. The largest absolute Gasteiger partial charge is 0.389 e. The van der Waals surface area contributed by atoms with Gasteiger partial charge in [-0.2, -0.15) is 0 Å². The summed E-state index contributed by atoms with van der Waals surface area (Å²) in [7, 11) is 2.00. The van der Waals surface area contributed by atoms with Crippen LogP contribution in [0.4, 0.5) is 5.82 Å². The van der Waals surface area contributed by atoms with Crippen molar-refractivity contribution in [1.29, 1.82) is 0 Å². The van der Waals surface area contributed by atoms with E-state index in [1.54, 1.807) is 13.1 Å². The van der Waals surface area contributed by atoms with Crippen LogP contribution in [0.2, 0.25) is 0 Å². The highest BCUT2D eigenvalue weighted by Gasteiger charge is 2.11. The Morgan fingerprint density at radius 2 is 2.29 bits per heavy atom. The lowest BCUT2D eigenvalue weighted by Gasteiger charge is -2.21. The summed E-state index contributed by atoms with van der Waals surface area (Å²) < 4.78 is 0. The Morgan fingerprint density at radius 3 is 2.86 bits per heavy atom. The molecule has 0 radical (unpaired) electrons. The van der Waals surface area contributed by atoms with E-state index >= 15 is 0 Å². The monoisotopic (exact) mass is 194 g/mol. The van der Waals surface area contributed by atoms with Crippen LogP contribution in [0.15, 0.2) is 18.3 Å². The number of aromatic nitrogens is 1. The summed E-state index contributed by atoms with van der Waals surface area (Å²) in [5, 5.41) is 9.55. The van der Waals surface area contributed by atoms with E-state index in [1.807, 2.05) is 19.2 Å². The molecule has 0 saturated carbocycles. The number of aliphatic hydroxyl groups is 1. The molecule has 1 aromatic heterocycles. The number of aliphatic hydroxyl groups excluding tert-OH is 1. The second-order valence-electron chi connectivity index (χ2n) is 3.51. The normalized spacial score (nSPS) is 12.6. The molecule has 1 heterocycles. The Bertz CT molecular complexity index is 286. The molecular weight excluding hydrogens is 176 g/mol. The predicted octanol–water partition coefficient (Wildman–Crippen LogP) is 1.98. The fourth-order valence-electron chi connectivity index (χ4n) is 1.50. The number of hydrogen-bond acceptors (Lipinski definition) is 3. The molecule has 0 aliphatic rings. The summed E-state index contributed by atoms with van der Waals surface area (Å²) in [6.45, 7) is 4.85. The third-order valence-corrected chi connectivity index (χ3v) is 2.19. The zero-order valence-corrected chi connectivity index (χ0v) is 9.07. The van der Waals surface area contributed by atoms with Gasteiger partial charge in [0, 0.05) is 25.4 Å². The first-order chi connectivity index (χ1) is 6.66. The Labute approximate surface area is 85.4 Å². The average Bonchev–Trinajstić information content (AvgIpc) is 2.18. The summed E-state index contributed by atoms with van der Waals surface area (Å²) in [5.41, 5.74) is 0.892. The van der Waals surface area contributed by atoms with E-state index in [0.717, 1.165) is 24.3 Å². The van der Waals surface area contributed by atoms with Crippen molar-refractivity contribution in [3.8, 4) is 0 Å². The molecule has 3 heteroatoms. The fraction of sp³-hybridized carbons (Fsp3) is 0.545. The Hall–Kier alpha value is -1.09. The highest BCUT2D eigenvalue weighted by molar-refractivity contribution is 5.46. The van der Waals surface area contributed by atoms with Gasteiger partial charge < -0.3 is 10.0 Å². The van der Waals surface area contributed by atoms with Gasteiger partial charge >= 0.3 is 0 Å². The van der Waals surface area contributed by atoms with Crippen LogP contribution in [0.5, 0.6) is 0 Å². The molecule has 0 fully saturated rings. The van der Waals surface area contributed by atoms with Crippen LogP contribution in [0.25, 0.3) is 0 Å². The molecular formula is C11H18N2O. The first-order valence-corrected chi connectivity index (χ1v) is 5.01. The van der Waals surface area contributed by atoms with Crippen LogP contribution < -0.4 is 4.90 Å². The maximum atomic E-state index is 9.55. The SMILES string of the molecule is CCCN(C)c1ncccc1[C@@H](C)O. The van der Waals surface area contributed by atoms with Gasteiger partial charge in [0.2, 0.25) is 0 Å². The second-order valence-corrected chi connectivity index (χ2v) is 3.51. The van der Waals surface area contributed by atoms with Crippen molar-refractivity contribution in [2.24, 2.45) is 0 Å². The topological polar surface area (TPSA) is 36.4 Å². The van der Waals surface area contributed by atoms with E-state index in [-0.39, 0.29) is 0 Å². The van der Waals surface area contributed by atoms with Gasteiger partial charge in [-0.25, -0.2) is 4.98 Å². The molecule has 1 N–H and O–H groups in total. The minimum atomic E-state index is -0.460. The molecule has 3 nitrogen and oxygen atoms in total. The summed E-state index contributed by atoms with van der Waals surface area (Å²) >= 11 is 0. The van der Waals surface area contributed by atoms with Crippen LogP contribution in [-0.2, 0) is 0 Å². The highest BCUT2D eigenvalue weighted by atomic mass is 16.3. The first kappa shape index (κ1) is 11.0. The van der Waals surface area contributed by atoms with E-state index < -0.39 is 6.10 Å². The molecule has 0 unspecified atom stereocenters. The number of pyridine rings is 1. The minimum Gasteiger partial charge on any atom is -0.389 e. The average molecular weight is 194 g/mol. The van der Waals surface area contributed by atoms with Crippen molar-refractivity contribution in [1.82, 2.24) is 4.98 Å². The molecule has 0 amide bonds. The van der Waals surface area contributed by atoms with Crippen LogP contribution in [-0.4, -0.2) is 23.7 Å². The molecule has 0 bridgehead atoms. The van der Waals surface area contributed by atoms with Gasteiger partial charge in [-0.05, 0) is 19.4 Å². The molecule has 0 aromatic carbocycles. The summed E-state index contributed by atoms with van der Waals surface area (Å²) in [6, 6.07) is 3.77. The van der Waals surface area contributed by atoms with E-state index in [9.17, 15) is 5.11 Å². The maximum Gasteiger partial charge on any atom is 0.134 e. The molecule has 1 atom stereocenters. The Morgan fingerprint density at radius 1 is 1.57 bits per heavy atom. The van der Waals surface area contributed by atoms with E-state index in [4.69, 9.17) is 0 Å². The third-order valence-electron chi connectivity index (χ3n) is 2.19. The molecule has 0 aliphatic heterocycles. The van der Waals surface area contributed by atoms with Crippen LogP contribution >= 0.6 is 0 Å². The van der Waals surface area contributed by atoms with Crippen molar-refractivity contribution in [3.05, 3.63) is 23.9 Å². The smallest absolute Gasteiger partial charge is 0.134 e. The standard InChI is InChI=1S/C11H18N2O/c1-4-8-13(3)11-10(9(2)14)6-5-7-12-11/h5-7,9,14H,4,8H2,1-3H3/t9-/m1/s1. The van der Waals surface area contributed by atoms with Crippen molar-refractivity contribution in [2.45, 2.75) is 26.4 Å². The lowest BCUT2D eigenvalue weighted by molar-refractivity contribution is 0.199. The Balaban J connectivity index is 2.94. The van der Waals surface area contributed by atoms with Crippen molar-refractivity contribution in [3.63, 3.8) is 0 Å². The summed E-state index contributed by atoms with van der Waals surface area (Å²) in [4.78, 5) is 6.36. The molecule has 0 aliphatic carbocycles. The van der Waals surface area contributed by atoms with Crippen LogP contribution in [0, 0.1) is 0 Å².